The first kappa shape index (κ1) is 15.2. The number of rotatable bonds is 4. The van der Waals surface area contributed by atoms with Crippen LogP contribution in [0.4, 0.5) is 4.39 Å². The summed E-state index contributed by atoms with van der Waals surface area (Å²) in [5.41, 5.74) is 1.47. The normalized spacial score (nSPS) is 12.1. The van der Waals surface area contributed by atoms with E-state index in [2.05, 4.69) is 5.32 Å². The third kappa shape index (κ3) is 3.39. The van der Waals surface area contributed by atoms with Crippen molar-refractivity contribution in [3.8, 4) is 0 Å². The Bertz CT molecular complexity index is 838. The summed E-state index contributed by atoms with van der Waals surface area (Å²) in [6.07, 6.45) is 0.0434. The van der Waals surface area contributed by atoms with Gasteiger partial charge in [-0.15, -0.1) is 0 Å². The van der Waals surface area contributed by atoms with E-state index in [0.29, 0.717) is 5.56 Å². The molecule has 0 bridgehead atoms. The first-order chi connectivity index (χ1) is 11.1. The lowest BCUT2D eigenvalue weighted by Crippen LogP contribution is -2.28. The standard InChI is InChI=1S/C20H18FNO/c1-14(17-11-6-9-15-7-2-4-10-18(15)17)22-20(23)13-16-8-3-5-12-19(16)21/h2-12,14H,13H2,1H3,(H,22,23)/t14-/m1/s1. The Kier molecular flexibility index (Phi) is 4.38. The first-order valence-electron chi connectivity index (χ1n) is 7.65. The molecule has 0 aromatic heterocycles. The second-order valence-corrected chi connectivity index (χ2v) is 5.63. The molecular weight excluding hydrogens is 289 g/mol. The molecule has 0 spiro atoms. The van der Waals surface area contributed by atoms with Gasteiger partial charge in [0.25, 0.3) is 0 Å². The number of carbonyl (C=O) groups is 1. The van der Waals surface area contributed by atoms with Crippen molar-refractivity contribution in [2.75, 3.05) is 0 Å². The van der Waals surface area contributed by atoms with E-state index < -0.39 is 0 Å². The van der Waals surface area contributed by atoms with Gasteiger partial charge in [0.15, 0.2) is 0 Å². The fraction of sp³-hybridized carbons (Fsp3) is 0.150. The van der Waals surface area contributed by atoms with Crippen LogP contribution in [0, 0.1) is 5.82 Å². The number of hydrogen-bond donors (Lipinski definition) is 1. The SMILES string of the molecule is C[C@@H](NC(=O)Cc1ccccc1F)c1cccc2ccccc12. The number of halogens is 1. The Hall–Kier alpha value is -2.68. The second-order valence-electron chi connectivity index (χ2n) is 5.63. The highest BCUT2D eigenvalue weighted by atomic mass is 19.1. The predicted molar refractivity (Wildman–Crippen MR) is 90.6 cm³/mol. The number of amides is 1. The van der Waals surface area contributed by atoms with E-state index in [1.54, 1.807) is 18.2 Å². The van der Waals surface area contributed by atoms with Crippen LogP contribution in [0.2, 0.25) is 0 Å². The monoisotopic (exact) mass is 307 g/mol. The van der Waals surface area contributed by atoms with E-state index in [9.17, 15) is 9.18 Å². The largest absolute Gasteiger partial charge is 0.349 e. The van der Waals surface area contributed by atoms with E-state index in [1.807, 2.05) is 49.4 Å². The lowest BCUT2D eigenvalue weighted by Gasteiger charge is -2.17. The number of benzene rings is 3. The fourth-order valence-electron chi connectivity index (χ4n) is 2.81. The van der Waals surface area contributed by atoms with Crippen molar-refractivity contribution in [2.24, 2.45) is 0 Å². The van der Waals surface area contributed by atoms with Gasteiger partial charge in [0.05, 0.1) is 12.5 Å². The van der Waals surface area contributed by atoms with Crippen LogP contribution in [0.3, 0.4) is 0 Å². The lowest BCUT2D eigenvalue weighted by atomic mass is 9.99. The molecule has 0 aliphatic carbocycles. The summed E-state index contributed by atoms with van der Waals surface area (Å²) in [5.74, 6) is -0.531. The third-order valence-electron chi connectivity index (χ3n) is 3.98. The van der Waals surface area contributed by atoms with Gasteiger partial charge in [-0.05, 0) is 34.9 Å². The van der Waals surface area contributed by atoms with E-state index >= 15 is 0 Å². The van der Waals surface area contributed by atoms with Crippen molar-refractivity contribution in [3.05, 3.63) is 83.7 Å². The van der Waals surface area contributed by atoms with Crippen LogP contribution in [0.25, 0.3) is 10.8 Å². The molecule has 0 radical (unpaired) electrons. The topological polar surface area (TPSA) is 29.1 Å². The zero-order valence-corrected chi connectivity index (χ0v) is 12.9. The molecule has 1 amide bonds. The molecule has 0 fully saturated rings. The predicted octanol–water partition coefficient (Wildman–Crippen LogP) is 4.40. The van der Waals surface area contributed by atoms with Gasteiger partial charge in [0, 0.05) is 0 Å². The van der Waals surface area contributed by atoms with Gasteiger partial charge in [0.1, 0.15) is 5.82 Å². The lowest BCUT2D eigenvalue weighted by molar-refractivity contribution is -0.121. The van der Waals surface area contributed by atoms with Gasteiger partial charge in [-0.2, -0.15) is 0 Å². The molecule has 3 aromatic carbocycles. The van der Waals surface area contributed by atoms with Crippen molar-refractivity contribution in [1.29, 1.82) is 0 Å². The Morgan fingerprint density at radius 1 is 1.00 bits per heavy atom. The van der Waals surface area contributed by atoms with Gasteiger partial charge in [-0.3, -0.25) is 4.79 Å². The van der Waals surface area contributed by atoms with Gasteiger partial charge >= 0.3 is 0 Å². The molecule has 0 aliphatic rings. The third-order valence-corrected chi connectivity index (χ3v) is 3.98. The number of hydrogen-bond acceptors (Lipinski definition) is 1. The zero-order valence-electron chi connectivity index (χ0n) is 12.9. The maximum absolute atomic E-state index is 13.6. The average molecular weight is 307 g/mol. The highest BCUT2D eigenvalue weighted by molar-refractivity contribution is 5.87. The molecule has 0 aliphatic heterocycles. The summed E-state index contributed by atoms with van der Waals surface area (Å²) >= 11 is 0. The van der Waals surface area contributed by atoms with Crippen LogP contribution in [-0.2, 0) is 11.2 Å². The van der Waals surface area contributed by atoms with Crippen molar-refractivity contribution < 1.29 is 9.18 Å². The Morgan fingerprint density at radius 3 is 2.52 bits per heavy atom. The van der Waals surface area contributed by atoms with Gasteiger partial charge < -0.3 is 5.32 Å². The van der Waals surface area contributed by atoms with Gasteiger partial charge in [-0.25, -0.2) is 4.39 Å². The van der Waals surface area contributed by atoms with Gasteiger partial charge in [0.2, 0.25) is 5.91 Å². The number of fused-ring (bicyclic) bond motifs is 1. The van der Waals surface area contributed by atoms with Crippen LogP contribution >= 0.6 is 0 Å². The maximum atomic E-state index is 13.6. The molecule has 3 rings (SSSR count). The highest BCUT2D eigenvalue weighted by Crippen LogP contribution is 2.24. The van der Waals surface area contributed by atoms with Crippen LogP contribution in [-0.4, -0.2) is 5.91 Å². The van der Waals surface area contributed by atoms with E-state index in [0.717, 1.165) is 16.3 Å². The summed E-state index contributed by atoms with van der Waals surface area (Å²) in [7, 11) is 0. The smallest absolute Gasteiger partial charge is 0.225 e. The number of nitrogens with one attached hydrogen (secondary N) is 1. The minimum Gasteiger partial charge on any atom is -0.349 e. The van der Waals surface area contributed by atoms with E-state index in [-0.39, 0.29) is 24.2 Å². The van der Waals surface area contributed by atoms with Crippen LogP contribution in [0.1, 0.15) is 24.1 Å². The van der Waals surface area contributed by atoms with Crippen LogP contribution < -0.4 is 5.32 Å². The van der Waals surface area contributed by atoms with Crippen molar-refractivity contribution in [1.82, 2.24) is 5.32 Å². The van der Waals surface area contributed by atoms with Crippen molar-refractivity contribution in [2.45, 2.75) is 19.4 Å². The molecule has 2 nitrogen and oxygen atoms in total. The van der Waals surface area contributed by atoms with Gasteiger partial charge in [-0.1, -0.05) is 60.7 Å². The molecule has 1 atom stereocenters. The molecule has 0 unspecified atom stereocenters. The Morgan fingerprint density at radius 2 is 1.70 bits per heavy atom. The van der Waals surface area contributed by atoms with Crippen molar-refractivity contribution >= 4 is 16.7 Å². The molecule has 116 valence electrons. The minimum atomic E-state index is -0.347. The number of carbonyl (C=O) groups excluding carboxylic acids is 1. The molecule has 0 heterocycles. The molecule has 1 N–H and O–H groups in total. The second kappa shape index (κ2) is 6.61. The zero-order chi connectivity index (χ0) is 16.2. The van der Waals surface area contributed by atoms with Crippen molar-refractivity contribution in [3.63, 3.8) is 0 Å². The first-order valence-corrected chi connectivity index (χ1v) is 7.65. The van der Waals surface area contributed by atoms with Crippen LogP contribution in [0.15, 0.2) is 66.7 Å². The molecule has 0 saturated heterocycles. The van der Waals surface area contributed by atoms with Crippen LogP contribution in [0.5, 0.6) is 0 Å². The summed E-state index contributed by atoms with van der Waals surface area (Å²) < 4.78 is 13.6. The fourth-order valence-corrected chi connectivity index (χ4v) is 2.81. The van der Waals surface area contributed by atoms with E-state index in [1.165, 1.54) is 6.07 Å². The summed E-state index contributed by atoms with van der Waals surface area (Å²) in [6.45, 7) is 1.95. The summed E-state index contributed by atoms with van der Waals surface area (Å²) in [5, 5.41) is 5.22. The maximum Gasteiger partial charge on any atom is 0.225 e. The summed E-state index contributed by atoms with van der Waals surface area (Å²) in [4.78, 5) is 12.2. The Balaban J connectivity index is 1.77. The van der Waals surface area contributed by atoms with E-state index in [4.69, 9.17) is 0 Å². The molecule has 0 saturated carbocycles. The summed E-state index contributed by atoms with van der Waals surface area (Å²) in [6, 6.07) is 20.3. The Labute approximate surface area is 135 Å². The molecular formula is C20H18FNO. The molecule has 23 heavy (non-hydrogen) atoms. The highest BCUT2D eigenvalue weighted by Gasteiger charge is 2.13. The quantitative estimate of drug-likeness (QED) is 0.760. The molecule has 3 aromatic rings. The molecule has 3 heteroatoms. The average Bonchev–Trinajstić information content (AvgIpc) is 2.56. The minimum absolute atomic E-state index is 0.0434.